The molecule has 0 spiro atoms. The molecule has 2 aromatic rings. The molecule has 5 nitrogen and oxygen atoms in total. The molecule has 1 N–H and O–H groups in total. The van der Waals surface area contributed by atoms with Gasteiger partial charge in [-0.2, -0.15) is 0 Å². The lowest BCUT2D eigenvalue weighted by molar-refractivity contribution is 0.0693. The van der Waals surface area contributed by atoms with E-state index in [1.165, 1.54) is 51.5 Å². The number of hydrogen-bond donors (Lipinski definition) is 1. The van der Waals surface area contributed by atoms with Crippen molar-refractivity contribution in [3.63, 3.8) is 0 Å². The first-order chi connectivity index (χ1) is 12.8. The molecule has 1 amide bonds. The molecular weight excluding hydrogens is 346 g/mol. The molecule has 2 atom stereocenters. The zero-order valence-corrected chi connectivity index (χ0v) is 15.7. The molecule has 4 rings (SSSR count). The van der Waals surface area contributed by atoms with Gasteiger partial charge in [-0.05, 0) is 69.0 Å². The lowest BCUT2D eigenvalue weighted by Crippen LogP contribution is -2.48. The van der Waals surface area contributed by atoms with Crippen molar-refractivity contribution in [1.82, 2.24) is 9.88 Å². The van der Waals surface area contributed by atoms with Crippen molar-refractivity contribution in [2.75, 3.05) is 24.2 Å². The number of nitrogens with zero attached hydrogens (tertiary/aromatic N) is 2. The molecule has 0 aliphatic carbocycles. The number of aromatic nitrogens is 1. The number of amides is 1. The number of rotatable bonds is 5. The van der Waals surface area contributed by atoms with Crippen LogP contribution in [0.2, 0.25) is 0 Å². The van der Waals surface area contributed by atoms with Crippen molar-refractivity contribution in [3.8, 4) is 0 Å². The molecule has 0 saturated carbocycles. The third-order valence-electron chi connectivity index (χ3n) is 5.43. The Hall–Kier alpha value is -1.79. The van der Waals surface area contributed by atoms with Gasteiger partial charge in [-0.15, -0.1) is 11.8 Å². The number of pyridine rings is 1. The predicted molar refractivity (Wildman–Crippen MR) is 104 cm³/mol. The number of fused-ring (bicyclic) bond motifs is 1. The lowest BCUT2D eigenvalue weighted by Gasteiger charge is -2.44. The first kappa shape index (κ1) is 17.6. The summed E-state index contributed by atoms with van der Waals surface area (Å²) in [4.78, 5) is 19.5. The summed E-state index contributed by atoms with van der Waals surface area (Å²) in [6, 6.07) is 7.87. The molecule has 6 heteroatoms. The van der Waals surface area contributed by atoms with Crippen LogP contribution in [0.25, 0.3) is 0 Å². The Bertz CT molecular complexity index is 732. The largest absolute Gasteiger partial charge is 0.459 e. The standard InChI is InChI=1S/C20H25N3O2S/c24-19(18-9-5-13-25-18)22-16-7-3-10-21-20(16)26-14-15-6-4-12-23-11-2-1-8-17(15)23/h3,5,7,9-10,13,15,17H,1-2,4,6,8,11-12,14H2,(H,22,24)/t15-,17+/m0/s1. The van der Waals surface area contributed by atoms with Crippen LogP contribution in [0, 0.1) is 5.92 Å². The van der Waals surface area contributed by atoms with Crippen LogP contribution in [0.3, 0.4) is 0 Å². The summed E-state index contributed by atoms with van der Waals surface area (Å²) >= 11 is 1.77. The monoisotopic (exact) mass is 371 g/mol. The molecule has 0 radical (unpaired) electrons. The molecule has 2 aliphatic rings. The molecule has 0 unspecified atom stereocenters. The molecule has 138 valence electrons. The Balaban J connectivity index is 1.41. The molecule has 2 fully saturated rings. The van der Waals surface area contributed by atoms with E-state index in [0.717, 1.165) is 22.5 Å². The maximum absolute atomic E-state index is 12.3. The van der Waals surface area contributed by atoms with Crippen molar-refractivity contribution < 1.29 is 9.21 Å². The van der Waals surface area contributed by atoms with Crippen molar-refractivity contribution in [1.29, 1.82) is 0 Å². The van der Waals surface area contributed by atoms with Crippen LogP contribution in [-0.2, 0) is 0 Å². The van der Waals surface area contributed by atoms with Gasteiger partial charge < -0.3 is 14.6 Å². The van der Waals surface area contributed by atoms with Crippen LogP contribution in [0.4, 0.5) is 5.69 Å². The number of thioether (sulfide) groups is 1. The Morgan fingerprint density at radius 1 is 1.23 bits per heavy atom. The molecule has 2 saturated heterocycles. The highest BCUT2D eigenvalue weighted by molar-refractivity contribution is 7.99. The van der Waals surface area contributed by atoms with Gasteiger partial charge in [0.15, 0.2) is 5.76 Å². The Labute approximate surface area is 158 Å². The zero-order valence-electron chi connectivity index (χ0n) is 14.9. The van der Waals surface area contributed by atoms with E-state index in [2.05, 4.69) is 15.2 Å². The van der Waals surface area contributed by atoms with Gasteiger partial charge in [-0.25, -0.2) is 4.98 Å². The fraction of sp³-hybridized carbons (Fsp3) is 0.500. The minimum Gasteiger partial charge on any atom is -0.459 e. The van der Waals surface area contributed by atoms with Crippen molar-refractivity contribution in [3.05, 3.63) is 42.5 Å². The fourth-order valence-electron chi connectivity index (χ4n) is 4.15. The number of nitrogens with one attached hydrogen (secondary N) is 1. The second-order valence-electron chi connectivity index (χ2n) is 7.10. The van der Waals surface area contributed by atoms with Gasteiger partial charge in [-0.1, -0.05) is 6.42 Å². The van der Waals surface area contributed by atoms with Gasteiger partial charge in [0.2, 0.25) is 0 Å². The van der Waals surface area contributed by atoms with Crippen LogP contribution in [0.15, 0.2) is 46.2 Å². The third kappa shape index (κ3) is 3.96. The molecule has 0 aromatic carbocycles. The lowest BCUT2D eigenvalue weighted by atomic mass is 9.85. The molecule has 2 aliphatic heterocycles. The van der Waals surface area contributed by atoms with Gasteiger partial charge in [0, 0.05) is 18.0 Å². The Kier molecular flexibility index (Phi) is 5.60. The van der Waals surface area contributed by atoms with Gasteiger partial charge in [0.05, 0.1) is 12.0 Å². The van der Waals surface area contributed by atoms with E-state index >= 15 is 0 Å². The highest BCUT2D eigenvalue weighted by Gasteiger charge is 2.33. The molecule has 26 heavy (non-hydrogen) atoms. The quantitative estimate of drug-likeness (QED) is 0.795. The van der Waals surface area contributed by atoms with Crippen LogP contribution in [-0.4, -0.2) is 40.7 Å². The van der Waals surface area contributed by atoms with Crippen molar-refractivity contribution >= 4 is 23.4 Å². The summed E-state index contributed by atoms with van der Waals surface area (Å²) in [5.41, 5.74) is 0.759. The van der Waals surface area contributed by atoms with E-state index in [9.17, 15) is 4.79 Å². The van der Waals surface area contributed by atoms with Crippen molar-refractivity contribution in [2.45, 2.75) is 43.2 Å². The van der Waals surface area contributed by atoms with Gasteiger partial charge in [0.25, 0.3) is 5.91 Å². The van der Waals surface area contributed by atoms with Gasteiger partial charge in [-0.3, -0.25) is 4.79 Å². The maximum atomic E-state index is 12.3. The highest BCUT2D eigenvalue weighted by Crippen LogP contribution is 2.35. The number of hydrogen-bond acceptors (Lipinski definition) is 5. The van der Waals surface area contributed by atoms with E-state index in [1.54, 1.807) is 30.1 Å². The number of anilines is 1. The summed E-state index contributed by atoms with van der Waals surface area (Å²) in [5.74, 6) is 1.85. The average Bonchev–Trinajstić information content (AvgIpc) is 3.22. The first-order valence-electron chi connectivity index (χ1n) is 9.48. The maximum Gasteiger partial charge on any atom is 0.291 e. The van der Waals surface area contributed by atoms with E-state index in [0.29, 0.717) is 11.7 Å². The van der Waals surface area contributed by atoms with E-state index in [-0.39, 0.29) is 5.91 Å². The zero-order chi connectivity index (χ0) is 17.8. The summed E-state index contributed by atoms with van der Waals surface area (Å²) in [5, 5.41) is 3.82. The molecular formula is C20H25N3O2S. The normalized spacial score (nSPS) is 23.4. The second kappa shape index (κ2) is 8.27. The SMILES string of the molecule is O=C(Nc1cccnc1SC[C@@H]1CCCN2CCCC[C@H]12)c1ccco1. The van der Waals surface area contributed by atoms with Crippen LogP contribution < -0.4 is 5.32 Å². The minimum atomic E-state index is -0.235. The topological polar surface area (TPSA) is 58.4 Å². The fourth-order valence-corrected chi connectivity index (χ4v) is 5.32. The number of carbonyl (C=O) groups is 1. The highest BCUT2D eigenvalue weighted by atomic mass is 32.2. The Morgan fingerprint density at radius 3 is 3.04 bits per heavy atom. The summed E-state index contributed by atoms with van der Waals surface area (Å²) in [6.07, 6.45) is 9.93. The van der Waals surface area contributed by atoms with Gasteiger partial charge in [0.1, 0.15) is 5.03 Å². The van der Waals surface area contributed by atoms with Crippen LogP contribution in [0.1, 0.15) is 42.7 Å². The predicted octanol–water partition coefficient (Wildman–Crippen LogP) is 4.28. The van der Waals surface area contributed by atoms with Crippen LogP contribution >= 0.6 is 11.8 Å². The minimum absolute atomic E-state index is 0.235. The van der Waals surface area contributed by atoms with E-state index in [1.807, 2.05) is 12.1 Å². The molecule has 0 bridgehead atoms. The Morgan fingerprint density at radius 2 is 2.15 bits per heavy atom. The smallest absolute Gasteiger partial charge is 0.291 e. The third-order valence-corrected chi connectivity index (χ3v) is 6.62. The van der Waals surface area contributed by atoms with Crippen LogP contribution in [0.5, 0.6) is 0 Å². The molecule has 4 heterocycles. The van der Waals surface area contributed by atoms with E-state index < -0.39 is 0 Å². The molecule has 2 aromatic heterocycles. The first-order valence-corrected chi connectivity index (χ1v) is 10.5. The van der Waals surface area contributed by atoms with E-state index in [4.69, 9.17) is 4.42 Å². The number of carbonyl (C=O) groups excluding carboxylic acids is 1. The van der Waals surface area contributed by atoms with Crippen molar-refractivity contribution in [2.24, 2.45) is 5.92 Å². The average molecular weight is 372 g/mol. The second-order valence-corrected chi connectivity index (χ2v) is 8.11. The van der Waals surface area contributed by atoms with Gasteiger partial charge >= 0.3 is 0 Å². The number of furan rings is 1. The number of piperidine rings is 2. The summed E-state index contributed by atoms with van der Waals surface area (Å²) in [7, 11) is 0. The summed E-state index contributed by atoms with van der Waals surface area (Å²) < 4.78 is 5.18. The summed E-state index contributed by atoms with van der Waals surface area (Å²) in [6.45, 7) is 2.53.